The second-order valence-electron chi connectivity index (χ2n) is 6.89. The molecule has 0 radical (unpaired) electrons. The number of amides is 1. The van der Waals surface area contributed by atoms with E-state index >= 15 is 0 Å². The Morgan fingerprint density at radius 3 is 2.96 bits per heavy atom. The summed E-state index contributed by atoms with van der Waals surface area (Å²) in [7, 11) is 0. The standard InChI is InChI=1S/C20H22N6O/c1-14(15-4-2-6-21-11-15)25-20(27)16-5-3-9-26(13-16)17-10-18-19(24-12-17)23-8-7-22-18/h2,4,6-8,10-12,14,16H,3,5,9,13H2,1H3,(H,25,27)/t14-,16+/m1/s1. The van der Waals surface area contributed by atoms with Crippen LogP contribution in [0, 0.1) is 5.92 Å². The van der Waals surface area contributed by atoms with Crippen LogP contribution < -0.4 is 10.2 Å². The van der Waals surface area contributed by atoms with Gasteiger partial charge in [0, 0.05) is 37.9 Å². The zero-order chi connectivity index (χ0) is 18.6. The van der Waals surface area contributed by atoms with Gasteiger partial charge in [-0.2, -0.15) is 0 Å². The molecule has 138 valence electrons. The highest BCUT2D eigenvalue weighted by atomic mass is 16.2. The van der Waals surface area contributed by atoms with Crippen LogP contribution in [0.25, 0.3) is 11.2 Å². The molecule has 1 aliphatic heterocycles. The summed E-state index contributed by atoms with van der Waals surface area (Å²) >= 11 is 0. The number of pyridine rings is 2. The molecule has 1 amide bonds. The number of anilines is 1. The van der Waals surface area contributed by atoms with Crippen molar-refractivity contribution in [2.75, 3.05) is 18.0 Å². The van der Waals surface area contributed by atoms with Crippen LogP contribution in [0.5, 0.6) is 0 Å². The topological polar surface area (TPSA) is 83.9 Å². The Labute approximate surface area is 157 Å². The Morgan fingerprint density at radius 1 is 1.22 bits per heavy atom. The minimum absolute atomic E-state index is 0.0459. The average Bonchev–Trinajstić information content (AvgIpc) is 2.74. The van der Waals surface area contributed by atoms with Crippen molar-refractivity contribution in [3.8, 4) is 0 Å². The number of rotatable bonds is 4. The molecule has 3 aromatic heterocycles. The largest absolute Gasteiger partial charge is 0.369 e. The molecule has 1 N–H and O–H groups in total. The number of hydrogen-bond acceptors (Lipinski definition) is 6. The Balaban J connectivity index is 1.44. The molecule has 4 heterocycles. The van der Waals surface area contributed by atoms with E-state index in [1.165, 1.54) is 0 Å². The molecular formula is C20H22N6O. The lowest BCUT2D eigenvalue weighted by atomic mass is 9.96. The molecule has 1 fully saturated rings. The van der Waals surface area contributed by atoms with E-state index in [-0.39, 0.29) is 17.9 Å². The van der Waals surface area contributed by atoms with Crippen LogP contribution in [-0.2, 0) is 4.79 Å². The predicted octanol–water partition coefficient (Wildman–Crippen LogP) is 2.51. The SMILES string of the molecule is C[C@@H](NC(=O)[C@H]1CCCN(c2cnc3nccnc3c2)C1)c1cccnc1. The second-order valence-corrected chi connectivity index (χ2v) is 6.89. The lowest BCUT2D eigenvalue weighted by Crippen LogP contribution is -2.43. The smallest absolute Gasteiger partial charge is 0.225 e. The fourth-order valence-electron chi connectivity index (χ4n) is 3.49. The maximum absolute atomic E-state index is 12.8. The van der Waals surface area contributed by atoms with Crippen LogP contribution in [0.2, 0.25) is 0 Å². The van der Waals surface area contributed by atoms with Crippen LogP contribution in [0.15, 0.2) is 49.2 Å². The Morgan fingerprint density at radius 2 is 2.11 bits per heavy atom. The summed E-state index contributed by atoms with van der Waals surface area (Å²) in [4.78, 5) is 32.0. The Hall–Kier alpha value is -3.09. The maximum Gasteiger partial charge on any atom is 0.225 e. The summed E-state index contributed by atoms with van der Waals surface area (Å²) in [6, 6.07) is 5.80. The number of piperidine rings is 1. The summed E-state index contributed by atoms with van der Waals surface area (Å²) < 4.78 is 0. The third-order valence-corrected chi connectivity index (χ3v) is 5.01. The molecule has 7 heteroatoms. The first-order valence-corrected chi connectivity index (χ1v) is 9.23. The third-order valence-electron chi connectivity index (χ3n) is 5.01. The Kier molecular flexibility index (Phi) is 4.91. The number of carbonyl (C=O) groups is 1. The van der Waals surface area contributed by atoms with Gasteiger partial charge in [-0.05, 0) is 37.5 Å². The molecule has 4 rings (SSSR count). The number of carbonyl (C=O) groups excluding carboxylic acids is 1. The Bertz CT molecular complexity index is 932. The molecule has 7 nitrogen and oxygen atoms in total. The zero-order valence-corrected chi connectivity index (χ0v) is 15.2. The van der Waals surface area contributed by atoms with Gasteiger partial charge in [-0.25, -0.2) is 9.97 Å². The summed E-state index contributed by atoms with van der Waals surface area (Å²) in [6.07, 6.45) is 10.5. The second kappa shape index (κ2) is 7.65. The molecule has 0 aromatic carbocycles. The number of fused-ring (bicyclic) bond motifs is 1. The highest BCUT2D eigenvalue weighted by molar-refractivity contribution is 5.80. The average molecular weight is 362 g/mol. The van der Waals surface area contributed by atoms with E-state index in [9.17, 15) is 4.79 Å². The van der Waals surface area contributed by atoms with Gasteiger partial charge in [0.25, 0.3) is 0 Å². The van der Waals surface area contributed by atoms with Crippen molar-refractivity contribution in [2.45, 2.75) is 25.8 Å². The van der Waals surface area contributed by atoms with Gasteiger partial charge in [-0.1, -0.05) is 6.07 Å². The van der Waals surface area contributed by atoms with E-state index < -0.39 is 0 Å². The molecule has 0 bridgehead atoms. The number of aromatic nitrogens is 4. The van der Waals surface area contributed by atoms with E-state index in [4.69, 9.17) is 0 Å². The quantitative estimate of drug-likeness (QED) is 0.768. The van der Waals surface area contributed by atoms with Gasteiger partial charge >= 0.3 is 0 Å². The van der Waals surface area contributed by atoms with E-state index in [1.54, 1.807) is 24.8 Å². The van der Waals surface area contributed by atoms with E-state index in [0.717, 1.165) is 36.2 Å². The van der Waals surface area contributed by atoms with E-state index in [2.05, 4.69) is 30.2 Å². The summed E-state index contributed by atoms with van der Waals surface area (Å²) in [6.45, 7) is 3.58. The molecule has 2 atom stereocenters. The highest BCUT2D eigenvalue weighted by Gasteiger charge is 2.27. The minimum Gasteiger partial charge on any atom is -0.369 e. The number of nitrogens with zero attached hydrogens (tertiary/aromatic N) is 5. The molecule has 0 saturated carbocycles. The maximum atomic E-state index is 12.8. The summed E-state index contributed by atoms with van der Waals surface area (Å²) in [5.74, 6) is 0.0417. The normalized spacial score (nSPS) is 18.3. The molecule has 0 spiro atoms. The fourth-order valence-corrected chi connectivity index (χ4v) is 3.49. The lowest BCUT2D eigenvalue weighted by molar-refractivity contribution is -0.125. The van der Waals surface area contributed by atoms with Gasteiger partial charge in [-0.3, -0.25) is 14.8 Å². The van der Waals surface area contributed by atoms with Gasteiger partial charge in [0.05, 0.1) is 23.8 Å². The molecular weight excluding hydrogens is 340 g/mol. The molecule has 3 aromatic rings. The molecule has 0 aliphatic carbocycles. The van der Waals surface area contributed by atoms with Crippen molar-refractivity contribution in [1.29, 1.82) is 0 Å². The van der Waals surface area contributed by atoms with E-state index in [1.807, 2.05) is 31.3 Å². The molecule has 1 saturated heterocycles. The van der Waals surface area contributed by atoms with Gasteiger partial charge in [0.2, 0.25) is 5.91 Å². The molecule has 1 aliphatic rings. The van der Waals surface area contributed by atoms with Crippen molar-refractivity contribution in [3.05, 3.63) is 54.7 Å². The third kappa shape index (κ3) is 3.86. The first-order chi connectivity index (χ1) is 13.2. The van der Waals surface area contributed by atoms with Gasteiger partial charge in [0.15, 0.2) is 5.65 Å². The first-order valence-electron chi connectivity index (χ1n) is 9.23. The van der Waals surface area contributed by atoms with Gasteiger partial charge in [-0.15, -0.1) is 0 Å². The van der Waals surface area contributed by atoms with Crippen molar-refractivity contribution in [3.63, 3.8) is 0 Å². The van der Waals surface area contributed by atoms with Crippen molar-refractivity contribution >= 4 is 22.8 Å². The number of nitrogens with one attached hydrogen (secondary N) is 1. The van der Waals surface area contributed by atoms with Crippen LogP contribution in [0.3, 0.4) is 0 Å². The molecule has 27 heavy (non-hydrogen) atoms. The predicted molar refractivity (Wildman–Crippen MR) is 103 cm³/mol. The van der Waals surface area contributed by atoms with Gasteiger partial charge in [0.1, 0.15) is 5.52 Å². The van der Waals surface area contributed by atoms with Gasteiger partial charge < -0.3 is 10.2 Å². The van der Waals surface area contributed by atoms with Crippen LogP contribution in [0.1, 0.15) is 31.4 Å². The van der Waals surface area contributed by atoms with Crippen LogP contribution in [-0.4, -0.2) is 38.9 Å². The summed E-state index contributed by atoms with van der Waals surface area (Å²) in [5, 5.41) is 3.12. The van der Waals surface area contributed by atoms with Crippen molar-refractivity contribution in [1.82, 2.24) is 25.3 Å². The zero-order valence-electron chi connectivity index (χ0n) is 15.2. The minimum atomic E-state index is -0.0563. The van der Waals surface area contributed by atoms with E-state index in [0.29, 0.717) is 12.2 Å². The monoisotopic (exact) mass is 362 g/mol. The van der Waals surface area contributed by atoms with Crippen LogP contribution >= 0.6 is 0 Å². The molecule has 0 unspecified atom stereocenters. The summed E-state index contributed by atoms with van der Waals surface area (Å²) in [5.41, 5.74) is 3.40. The van der Waals surface area contributed by atoms with Crippen molar-refractivity contribution in [2.24, 2.45) is 5.92 Å². The van der Waals surface area contributed by atoms with Crippen LogP contribution in [0.4, 0.5) is 5.69 Å². The number of hydrogen-bond donors (Lipinski definition) is 1. The lowest BCUT2D eigenvalue weighted by Gasteiger charge is -2.34. The highest BCUT2D eigenvalue weighted by Crippen LogP contribution is 2.25. The van der Waals surface area contributed by atoms with Crippen molar-refractivity contribution < 1.29 is 4.79 Å². The first kappa shape index (κ1) is 17.3. The fraction of sp³-hybridized carbons (Fsp3) is 0.350.